The molecule has 0 spiro atoms. The molecule has 1 heterocycles. The number of nitrogens with zero attached hydrogens (tertiary/aromatic N) is 1. The maximum atomic E-state index is 12.0. The third kappa shape index (κ3) is 4.46. The molecule has 1 saturated heterocycles. The van der Waals surface area contributed by atoms with Gasteiger partial charge in [0.25, 0.3) is 0 Å². The molecule has 110 valence electrons. The van der Waals surface area contributed by atoms with E-state index in [1.807, 2.05) is 0 Å². The number of methoxy groups -OCH3 is 1. The summed E-state index contributed by atoms with van der Waals surface area (Å²) < 4.78 is 28.7. The van der Waals surface area contributed by atoms with E-state index in [1.165, 1.54) is 18.3 Å². The van der Waals surface area contributed by atoms with Crippen molar-refractivity contribution in [3.63, 3.8) is 0 Å². The van der Waals surface area contributed by atoms with E-state index in [0.717, 1.165) is 6.26 Å². The second kappa shape index (κ2) is 6.33. The van der Waals surface area contributed by atoms with Crippen molar-refractivity contribution in [3.8, 4) is 0 Å². The van der Waals surface area contributed by atoms with Gasteiger partial charge in [-0.25, -0.2) is 17.5 Å². The van der Waals surface area contributed by atoms with Gasteiger partial charge in [0.2, 0.25) is 15.9 Å². The van der Waals surface area contributed by atoms with Gasteiger partial charge in [-0.2, -0.15) is 0 Å². The number of sulfonamides is 1. The van der Waals surface area contributed by atoms with Crippen molar-refractivity contribution in [1.82, 2.24) is 9.62 Å². The van der Waals surface area contributed by atoms with Crippen molar-refractivity contribution in [2.75, 3.05) is 26.5 Å². The average Bonchev–Trinajstić information content (AvgIpc) is 2.36. The zero-order valence-electron chi connectivity index (χ0n) is 11.4. The average molecular weight is 292 g/mol. The van der Waals surface area contributed by atoms with Crippen LogP contribution in [0.5, 0.6) is 0 Å². The van der Waals surface area contributed by atoms with Gasteiger partial charge < -0.3 is 10.1 Å². The van der Waals surface area contributed by atoms with Gasteiger partial charge in [0.15, 0.2) is 0 Å². The van der Waals surface area contributed by atoms with E-state index in [1.54, 1.807) is 0 Å². The third-order valence-electron chi connectivity index (χ3n) is 3.14. The largest absolute Gasteiger partial charge is 0.467 e. The second-order valence-electron chi connectivity index (χ2n) is 4.71. The monoisotopic (exact) mass is 292 g/mol. The highest BCUT2D eigenvalue weighted by Gasteiger charge is 2.31. The van der Waals surface area contributed by atoms with Crippen LogP contribution in [0.4, 0.5) is 0 Å². The maximum absolute atomic E-state index is 12.0. The van der Waals surface area contributed by atoms with E-state index in [0.29, 0.717) is 19.4 Å². The van der Waals surface area contributed by atoms with Crippen LogP contribution in [0.15, 0.2) is 0 Å². The summed E-state index contributed by atoms with van der Waals surface area (Å²) in [5, 5.41) is 2.54. The van der Waals surface area contributed by atoms with Gasteiger partial charge in [-0.1, -0.05) is 0 Å². The minimum atomic E-state index is -3.28. The zero-order chi connectivity index (χ0) is 14.6. The molecule has 7 nitrogen and oxygen atoms in total. The van der Waals surface area contributed by atoms with E-state index in [9.17, 15) is 18.0 Å². The third-order valence-corrected chi connectivity index (χ3v) is 4.41. The van der Waals surface area contributed by atoms with Crippen molar-refractivity contribution < 1.29 is 22.7 Å². The fourth-order valence-corrected chi connectivity index (χ4v) is 2.94. The van der Waals surface area contributed by atoms with Crippen molar-refractivity contribution in [1.29, 1.82) is 0 Å². The molecule has 1 fully saturated rings. The minimum Gasteiger partial charge on any atom is -0.467 e. The summed E-state index contributed by atoms with van der Waals surface area (Å²) in [4.78, 5) is 23.2. The Morgan fingerprint density at radius 1 is 1.42 bits per heavy atom. The topological polar surface area (TPSA) is 92.8 Å². The number of rotatable bonds is 4. The van der Waals surface area contributed by atoms with Crippen LogP contribution in [0.2, 0.25) is 0 Å². The smallest absolute Gasteiger partial charge is 0.328 e. The Morgan fingerprint density at radius 2 is 2.05 bits per heavy atom. The number of piperidine rings is 1. The number of hydrogen-bond donors (Lipinski definition) is 1. The van der Waals surface area contributed by atoms with Crippen LogP contribution < -0.4 is 5.32 Å². The molecule has 2 atom stereocenters. The number of carbonyl (C=O) groups is 2. The van der Waals surface area contributed by atoms with E-state index >= 15 is 0 Å². The summed E-state index contributed by atoms with van der Waals surface area (Å²) in [6.07, 6.45) is 2.38. The lowest BCUT2D eigenvalue weighted by atomic mass is 9.98. The SMILES string of the molecule is COC(=O)C(C)NC(=O)C1CCCN(S(C)(=O)=O)C1. The highest BCUT2D eigenvalue weighted by molar-refractivity contribution is 7.88. The Kier molecular flexibility index (Phi) is 5.30. The van der Waals surface area contributed by atoms with Crippen LogP contribution in [0, 0.1) is 5.92 Å². The molecular formula is C11H20N2O5S. The molecule has 1 aliphatic rings. The van der Waals surface area contributed by atoms with Gasteiger partial charge in [0.1, 0.15) is 6.04 Å². The molecule has 0 aromatic rings. The first-order chi connectivity index (χ1) is 8.75. The summed E-state index contributed by atoms with van der Waals surface area (Å²) in [5.74, 6) is -1.26. The van der Waals surface area contributed by atoms with E-state index in [-0.39, 0.29) is 12.5 Å². The number of ether oxygens (including phenoxy) is 1. The number of esters is 1. The molecule has 1 aliphatic heterocycles. The van der Waals surface area contributed by atoms with Crippen LogP contribution >= 0.6 is 0 Å². The second-order valence-corrected chi connectivity index (χ2v) is 6.70. The fraction of sp³-hybridized carbons (Fsp3) is 0.818. The molecular weight excluding hydrogens is 272 g/mol. The van der Waals surface area contributed by atoms with Gasteiger partial charge in [0.05, 0.1) is 19.3 Å². The molecule has 0 aliphatic carbocycles. The number of hydrogen-bond acceptors (Lipinski definition) is 5. The van der Waals surface area contributed by atoms with Gasteiger partial charge >= 0.3 is 5.97 Å². The van der Waals surface area contributed by atoms with Crippen LogP contribution in [0.25, 0.3) is 0 Å². The normalized spacial score (nSPS) is 22.6. The highest BCUT2D eigenvalue weighted by Crippen LogP contribution is 2.18. The van der Waals surface area contributed by atoms with E-state index in [4.69, 9.17) is 0 Å². The van der Waals surface area contributed by atoms with Crippen LogP contribution in [-0.2, 0) is 24.3 Å². The molecule has 0 radical (unpaired) electrons. The molecule has 0 aromatic carbocycles. The van der Waals surface area contributed by atoms with E-state index < -0.39 is 28.0 Å². The molecule has 19 heavy (non-hydrogen) atoms. The zero-order valence-corrected chi connectivity index (χ0v) is 12.2. The summed E-state index contributed by atoms with van der Waals surface area (Å²) in [6, 6.07) is -0.730. The molecule has 1 N–H and O–H groups in total. The first-order valence-corrected chi connectivity index (χ1v) is 7.94. The van der Waals surface area contributed by atoms with Crippen LogP contribution in [0.1, 0.15) is 19.8 Å². The number of nitrogens with one attached hydrogen (secondary N) is 1. The Bertz CT molecular complexity index is 448. The van der Waals surface area contributed by atoms with Gasteiger partial charge in [-0.15, -0.1) is 0 Å². The molecule has 0 saturated carbocycles. The van der Waals surface area contributed by atoms with Crippen LogP contribution in [-0.4, -0.2) is 57.1 Å². The number of carbonyl (C=O) groups excluding carboxylic acids is 2. The lowest BCUT2D eigenvalue weighted by Crippen LogP contribution is -2.48. The van der Waals surface area contributed by atoms with Crippen LogP contribution in [0.3, 0.4) is 0 Å². The first-order valence-electron chi connectivity index (χ1n) is 6.09. The molecule has 1 rings (SSSR count). The standard InChI is InChI=1S/C11H20N2O5S/c1-8(11(15)18-2)12-10(14)9-5-4-6-13(7-9)19(3,16)17/h8-9H,4-7H2,1-3H3,(H,12,14). The molecule has 0 aromatic heterocycles. The maximum Gasteiger partial charge on any atom is 0.328 e. The fourth-order valence-electron chi connectivity index (χ4n) is 2.02. The highest BCUT2D eigenvalue weighted by atomic mass is 32.2. The van der Waals surface area contributed by atoms with Crippen molar-refractivity contribution >= 4 is 21.9 Å². The molecule has 2 unspecified atom stereocenters. The summed E-state index contributed by atoms with van der Waals surface area (Å²) in [7, 11) is -2.03. The summed E-state index contributed by atoms with van der Waals surface area (Å²) in [5.41, 5.74) is 0. The number of amides is 1. The predicted molar refractivity (Wildman–Crippen MR) is 68.8 cm³/mol. The lowest BCUT2D eigenvalue weighted by Gasteiger charge is -2.30. The minimum absolute atomic E-state index is 0.165. The van der Waals surface area contributed by atoms with E-state index in [2.05, 4.69) is 10.1 Å². The molecule has 0 bridgehead atoms. The summed E-state index contributed by atoms with van der Waals surface area (Å²) >= 11 is 0. The Balaban J connectivity index is 2.60. The Morgan fingerprint density at radius 3 is 2.58 bits per heavy atom. The van der Waals surface area contributed by atoms with Crippen molar-refractivity contribution in [2.24, 2.45) is 5.92 Å². The quantitative estimate of drug-likeness (QED) is 0.694. The van der Waals surface area contributed by atoms with Gasteiger partial charge in [-0.3, -0.25) is 4.79 Å². The van der Waals surface area contributed by atoms with Gasteiger partial charge in [-0.05, 0) is 19.8 Å². The van der Waals surface area contributed by atoms with Gasteiger partial charge in [0, 0.05) is 13.1 Å². The Labute approximate surface area is 113 Å². The van der Waals surface area contributed by atoms with Crippen molar-refractivity contribution in [2.45, 2.75) is 25.8 Å². The van der Waals surface area contributed by atoms with Crippen molar-refractivity contribution in [3.05, 3.63) is 0 Å². The lowest BCUT2D eigenvalue weighted by molar-refractivity contribution is -0.145. The Hall–Kier alpha value is -1.15. The molecule has 8 heteroatoms. The first kappa shape index (κ1) is 15.9. The molecule has 1 amide bonds. The predicted octanol–water partition coefficient (Wildman–Crippen LogP) is -0.664. The summed E-state index contributed by atoms with van der Waals surface area (Å²) in [6.45, 7) is 2.13.